The topological polar surface area (TPSA) is 136 Å². The molecular weight excluding hydrogens is 604 g/mol. The van der Waals surface area contributed by atoms with Gasteiger partial charge in [0.1, 0.15) is 12.2 Å². The molecule has 0 aromatic carbocycles. The van der Waals surface area contributed by atoms with Crippen LogP contribution in [0.5, 0.6) is 0 Å². The van der Waals surface area contributed by atoms with Crippen LogP contribution in [-0.2, 0) is 28.5 Å². The fraction of sp³-hybridized carbons (Fsp3) is 0.886. The Morgan fingerprint density at radius 3 is 1.36 bits per heavy atom. The molecule has 0 saturated heterocycles. The van der Waals surface area contributed by atoms with Gasteiger partial charge in [-0.05, 0) is 84.0 Å². The van der Waals surface area contributed by atoms with E-state index in [4.69, 9.17) is 18.9 Å². The minimum atomic E-state index is -0.397. The number of nitrogens with zero attached hydrogens (tertiary/aromatic N) is 2. The molecule has 2 N–H and O–H groups in total. The second-order valence-electron chi connectivity index (χ2n) is 11.9. The van der Waals surface area contributed by atoms with E-state index in [2.05, 4.69) is 48.1 Å². The Kier molecular flexibility index (Phi) is 29.0. The molecule has 0 aliphatic carbocycles. The van der Waals surface area contributed by atoms with Crippen LogP contribution in [-0.4, -0.2) is 112 Å². The molecule has 0 aromatic rings. The lowest BCUT2D eigenvalue weighted by atomic mass is 10.2. The highest BCUT2D eigenvalue weighted by Crippen LogP contribution is 2.08. The summed E-state index contributed by atoms with van der Waals surface area (Å²) in [6.45, 7) is 18.7. The van der Waals surface area contributed by atoms with E-state index in [-0.39, 0.29) is 37.0 Å². The fourth-order valence-electron chi connectivity index (χ4n) is 4.97. The average molecular weight is 673 g/mol. The van der Waals surface area contributed by atoms with Gasteiger partial charge in [0.05, 0.1) is 26.1 Å². The molecule has 12 nitrogen and oxygen atoms in total. The molecule has 2 atom stereocenters. The smallest absolute Gasteiger partial charge is 0.407 e. The zero-order valence-corrected chi connectivity index (χ0v) is 30.6. The summed E-state index contributed by atoms with van der Waals surface area (Å²) in [7, 11) is 0. The van der Waals surface area contributed by atoms with Crippen LogP contribution >= 0.6 is 0 Å². The number of ether oxygens (including phenoxy) is 4. The normalized spacial score (nSPS) is 12.4. The van der Waals surface area contributed by atoms with Gasteiger partial charge in [-0.1, -0.05) is 54.4 Å². The van der Waals surface area contributed by atoms with Gasteiger partial charge in [0.25, 0.3) is 0 Å². The highest BCUT2D eigenvalue weighted by Gasteiger charge is 2.14. The second-order valence-corrected chi connectivity index (χ2v) is 11.9. The molecular formula is C35H68N4O8. The van der Waals surface area contributed by atoms with E-state index in [0.29, 0.717) is 65.1 Å². The third kappa shape index (κ3) is 26.1. The van der Waals surface area contributed by atoms with Crippen molar-refractivity contribution < 1.29 is 38.1 Å². The maximum atomic E-state index is 12.4. The molecule has 12 heteroatoms. The Bertz CT molecular complexity index is 756. The van der Waals surface area contributed by atoms with Crippen molar-refractivity contribution in [3.8, 4) is 0 Å². The van der Waals surface area contributed by atoms with Crippen molar-refractivity contribution >= 4 is 24.1 Å². The molecule has 0 aliphatic rings. The summed E-state index contributed by atoms with van der Waals surface area (Å²) >= 11 is 0. The van der Waals surface area contributed by atoms with Crippen LogP contribution in [0.4, 0.5) is 9.59 Å². The molecule has 0 bridgehead atoms. The summed E-state index contributed by atoms with van der Waals surface area (Å²) in [4.78, 5) is 53.1. The molecule has 0 heterocycles. The minimum Gasteiger partial charge on any atom is -0.466 e. The molecule has 276 valence electrons. The quantitative estimate of drug-likeness (QED) is 0.0527. The maximum Gasteiger partial charge on any atom is 0.407 e. The molecule has 0 radical (unpaired) electrons. The van der Waals surface area contributed by atoms with Crippen molar-refractivity contribution in [3.63, 3.8) is 0 Å². The van der Waals surface area contributed by atoms with Crippen molar-refractivity contribution in [1.82, 2.24) is 20.4 Å². The van der Waals surface area contributed by atoms with Gasteiger partial charge in [-0.2, -0.15) is 0 Å². The van der Waals surface area contributed by atoms with Crippen LogP contribution in [0.25, 0.3) is 0 Å². The molecule has 0 spiro atoms. The first-order valence-electron chi connectivity index (χ1n) is 18.4. The van der Waals surface area contributed by atoms with Crippen molar-refractivity contribution in [1.29, 1.82) is 0 Å². The highest BCUT2D eigenvalue weighted by molar-refractivity contribution is 5.70. The number of carbonyl (C=O) groups is 4. The van der Waals surface area contributed by atoms with Crippen LogP contribution in [0.2, 0.25) is 0 Å². The number of amides is 2. The monoisotopic (exact) mass is 673 g/mol. The van der Waals surface area contributed by atoms with E-state index < -0.39 is 12.2 Å². The first-order valence-corrected chi connectivity index (χ1v) is 18.4. The van der Waals surface area contributed by atoms with Gasteiger partial charge in [-0.3, -0.25) is 9.59 Å². The van der Waals surface area contributed by atoms with Gasteiger partial charge in [0, 0.05) is 26.2 Å². The largest absolute Gasteiger partial charge is 0.466 e. The summed E-state index contributed by atoms with van der Waals surface area (Å²) < 4.78 is 21.6. The number of carbonyl (C=O) groups excluding carboxylic acids is 4. The van der Waals surface area contributed by atoms with Crippen LogP contribution in [0.3, 0.4) is 0 Å². The van der Waals surface area contributed by atoms with E-state index >= 15 is 0 Å². The highest BCUT2D eigenvalue weighted by atomic mass is 16.6. The number of rotatable bonds is 30. The van der Waals surface area contributed by atoms with E-state index in [0.717, 1.165) is 71.1 Å². The summed E-state index contributed by atoms with van der Waals surface area (Å²) in [5, 5.41) is 5.52. The Labute approximate surface area is 285 Å². The van der Waals surface area contributed by atoms with Crippen LogP contribution in [0.1, 0.15) is 125 Å². The maximum absolute atomic E-state index is 12.4. The molecule has 0 rings (SSSR count). The Morgan fingerprint density at radius 2 is 0.979 bits per heavy atom. The van der Waals surface area contributed by atoms with E-state index in [9.17, 15) is 19.2 Å². The summed E-state index contributed by atoms with van der Waals surface area (Å²) in [5.74, 6) is -0.542. The predicted octanol–water partition coefficient (Wildman–Crippen LogP) is 6.06. The summed E-state index contributed by atoms with van der Waals surface area (Å²) in [6, 6.07) is 0. The molecule has 0 saturated carbocycles. The standard InChI is InChI=1S/C35H68N4O8/c1-7-18-30(9-3)46-34(42)36-22-13-15-28-44-32(40)20-26-39(25-17-24-38(11-5)12-6)27-21-33(41)45-29-16-14-23-37-35(43)47-31(10-4)19-8-2/h30-31H,7-29H2,1-6H3,(H,36,42)(H,37,43). The first-order chi connectivity index (χ1) is 22.7. The van der Waals surface area contributed by atoms with Gasteiger partial charge in [-0.25, -0.2) is 9.59 Å². The summed E-state index contributed by atoms with van der Waals surface area (Å²) in [6.07, 6.45) is 8.45. The van der Waals surface area contributed by atoms with Gasteiger partial charge < -0.3 is 39.4 Å². The number of hydrogen-bond donors (Lipinski definition) is 2. The Hall–Kier alpha value is -2.60. The van der Waals surface area contributed by atoms with Gasteiger partial charge in [-0.15, -0.1) is 0 Å². The molecule has 2 unspecified atom stereocenters. The number of esters is 2. The number of unbranched alkanes of at least 4 members (excludes halogenated alkanes) is 2. The third-order valence-electron chi connectivity index (χ3n) is 7.99. The zero-order valence-electron chi connectivity index (χ0n) is 30.6. The molecule has 2 amide bonds. The average Bonchev–Trinajstić information content (AvgIpc) is 3.06. The summed E-state index contributed by atoms with van der Waals surface area (Å²) in [5.41, 5.74) is 0. The molecule has 0 aromatic heterocycles. The third-order valence-corrected chi connectivity index (χ3v) is 7.99. The molecule has 0 aliphatic heterocycles. The van der Waals surface area contributed by atoms with Crippen LogP contribution in [0.15, 0.2) is 0 Å². The molecule has 47 heavy (non-hydrogen) atoms. The SMILES string of the molecule is CCCC(CC)OC(=O)NCCCCOC(=O)CCN(CCCN(CC)CC)CCC(=O)OCCCCNC(=O)OC(CC)CCC. The number of hydrogen-bond acceptors (Lipinski definition) is 10. The molecule has 0 fully saturated rings. The van der Waals surface area contributed by atoms with Gasteiger partial charge in [0.15, 0.2) is 0 Å². The fourth-order valence-corrected chi connectivity index (χ4v) is 4.97. The van der Waals surface area contributed by atoms with E-state index in [1.54, 1.807) is 0 Å². The van der Waals surface area contributed by atoms with Crippen molar-refractivity contribution in [3.05, 3.63) is 0 Å². The predicted molar refractivity (Wildman–Crippen MR) is 185 cm³/mol. The lowest BCUT2D eigenvalue weighted by molar-refractivity contribution is -0.144. The lowest BCUT2D eigenvalue weighted by Gasteiger charge is -2.24. The van der Waals surface area contributed by atoms with E-state index in [1.165, 1.54) is 0 Å². The first kappa shape index (κ1) is 44.4. The second kappa shape index (κ2) is 30.7. The van der Waals surface area contributed by atoms with E-state index in [1.807, 2.05) is 13.8 Å². The van der Waals surface area contributed by atoms with Gasteiger partial charge in [0.2, 0.25) is 0 Å². The zero-order chi connectivity index (χ0) is 35.1. The van der Waals surface area contributed by atoms with Gasteiger partial charge >= 0.3 is 24.1 Å². The minimum absolute atomic E-state index is 0.0509. The Morgan fingerprint density at radius 1 is 0.553 bits per heavy atom. The van der Waals surface area contributed by atoms with Crippen LogP contribution in [0, 0.1) is 0 Å². The number of alkyl carbamates (subject to hydrolysis) is 2. The Balaban J connectivity index is 4.35. The lowest BCUT2D eigenvalue weighted by Crippen LogP contribution is -2.33. The van der Waals surface area contributed by atoms with Crippen molar-refractivity contribution in [2.24, 2.45) is 0 Å². The van der Waals surface area contributed by atoms with Crippen molar-refractivity contribution in [2.45, 2.75) is 137 Å². The number of nitrogens with one attached hydrogen (secondary N) is 2. The van der Waals surface area contributed by atoms with Crippen LogP contribution < -0.4 is 10.6 Å². The van der Waals surface area contributed by atoms with Crippen molar-refractivity contribution in [2.75, 3.05) is 65.6 Å².